The molecule has 1 fully saturated rings. The smallest absolute Gasteiger partial charge is 0.119 e. The maximum absolute atomic E-state index is 5.65. The van der Waals surface area contributed by atoms with Crippen molar-refractivity contribution < 1.29 is 4.74 Å². The van der Waals surface area contributed by atoms with Gasteiger partial charge in [-0.3, -0.25) is 0 Å². The van der Waals surface area contributed by atoms with Crippen LogP contribution in [0.4, 0.5) is 0 Å². The van der Waals surface area contributed by atoms with Crippen LogP contribution in [0.3, 0.4) is 0 Å². The number of hydrogen-bond acceptors (Lipinski definition) is 1. The van der Waals surface area contributed by atoms with E-state index in [1.807, 2.05) is 30.3 Å². The minimum atomic E-state index is 0.288. The molecule has 0 unspecified atom stereocenters. The summed E-state index contributed by atoms with van der Waals surface area (Å²) >= 11 is 0. The third-order valence-corrected chi connectivity index (χ3v) is 2.32. The van der Waals surface area contributed by atoms with Crippen molar-refractivity contribution in [1.29, 1.82) is 0 Å². The molecule has 1 aromatic carbocycles. The van der Waals surface area contributed by atoms with Gasteiger partial charge >= 0.3 is 0 Å². The maximum atomic E-state index is 5.65. The number of ether oxygens (including phenoxy) is 1. The fourth-order valence-corrected chi connectivity index (χ4v) is 1.36. The molecule has 0 amide bonds. The van der Waals surface area contributed by atoms with E-state index in [0.717, 1.165) is 25.4 Å². The standard InChI is InChI=1S/C11H14NO/c1-11(7-12-8-11)9-13-10-5-3-2-4-6-10/h2-6H,7-9H2,1H3. The van der Waals surface area contributed by atoms with Crippen molar-refractivity contribution in [2.45, 2.75) is 6.92 Å². The third kappa shape index (κ3) is 2.01. The topological polar surface area (TPSA) is 23.3 Å². The highest BCUT2D eigenvalue weighted by atomic mass is 16.5. The Morgan fingerprint density at radius 2 is 2.00 bits per heavy atom. The molecule has 0 atom stereocenters. The monoisotopic (exact) mass is 176 g/mol. The van der Waals surface area contributed by atoms with Crippen molar-refractivity contribution in [3.8, 4) is 5.75 Å². The van der Waals surface area contributed by atoms with Crippen molar-refractivity contribution >= 4 is 0 Å². The van der Waals surface area contributed by atoms with Gasteiger partial charge in [0.25, 0.3) is 0 Å². The van der Waals surface area contributed by atoms with Crippen molar-refractivity contribution in [2.75, 3.05) is 19.7 Å². The van der Waals surface area contributed by atoms with Crippen LogP contribution in [-0.4, -0.2) is 19.7 Å². The largest absolute Gasteiger partial charge is 0.493 e. The van der Waals surface area contributed by atoms with Crippen LogP contribution in [0.5, 0.6) is 5.75 Å². The summed E-state index contributed by atoms with van der Waals surface area (Å²) < 4.78 is 5.65. The molecule has 2 heteroatoms. The van der Waals surface area contributed by atoms with E-state index >= 15 is 0 Å². The van der Waals surface area contributed by atoms with Gasteiger partial charge in [0, 0.05) is 18.5 Å². The van der Waals surface area contributed by atoms with Gasteiger partial charge < -0.3 is 4.74 Å². The van der Waals surface area contributed by atoms with E-state index in [9.17, 15) is 0 Å². The molecule has 0 aromatic heterocycles. The molecule has 1 aliphatic rings. The Kier molecular flexibility index (Phi) is 2.23. The molecular weight excluding hydrogens is 162 g/mol. The lowest BCUT2D eigenvalue weighted by atomic mass is 9.85. The Morgan fingerprint density at radius 3 is 2.54 bits per heavy atom. The van der Waals surface area contributed by atoms with Crippen LogP contribution in [0.15, 0.2) is 30.3 Å². The molecule has 13 heavy (non-hydrogen) atoms. The Morgan fingerprint density at radius 1 is 1.31 bits per heavy atom. The zero-order valence-electron chi connectivity index (χ0n) is 7.86. The molecule has 69 valence electrons. The second-order valence-corrected chi connectivity index (χ2v) is 3.95. The zero-order chi connectivity index (χ0) is 9.15. The number of para-hydroxylation sites is 1. The van der Waals surface area contributed by atoms with Crippen LogP contribution in [0.25, 0.3) is 0 Å². The van der Waals surface area contributed by atoms with Crippen molar-refractivity contribution in [3.05, 3.63) is 30.3 Å². The van der Waals surface area contributed by atoms with Gasteiger partial charge in [-0.25, -0.2) is 5.32 Å². The molecule has 1 aliphatic heterocycles. The molecule has 0 bridgehead atoms. The van der Waals surface area contributed by atoms with Crippen LogP contribution < -0.4 is 10.1 Å². The first-order chi connectivity index (χ1) is 6.29. The average molecular weight is 176 g/mol. The van der Waals surface area contributed by atoms with Gasteiger partial charge in [-0.15, -0.1) is 0 Å². The SMILES string of the molecule is CC1(COc2ccccc2)C[N]C1. The first-order valence-electron chi connectivity index (χ1n) is 4.60. The van der Waals surface area contributed by atoms with E-state index in [1.165, 1.54) is 0 Å². The van der Waals surface area contributed by atoms with Crippen molar-refractivity contribution in [1.82, 2.24) is 5.32 Å². The molecule has 1 saturated heterocycles. The van der Waals surface area contributed by atoms with Crippen LogP contribution in [0, 0.1) is 5.41 Å². The van der Waals surface area contributed by atoms with E-state index in [0.29, 0.717) is 0 Å². The summed E-state index contributed by atoms with van der Waals surface area (Å²) in [5.41, 5.74) is 0.288. The van der Waals surface area contributed by atoms with Gasteiger partial charge in [-0.05, 0) is 12.1 Å². The zero-order valence-corrected chi connectivity index (χ0v) is 7.86. The summed E-state index contributed by atoms with van der Waals surface area (Å²) in [6, 6.07) is 9.94. The summed E-state index contributed by atoms with van der Waals surface area (Å²) in [5, 5.41) is 4.20. The van der Waals surface area contributed by atoms with Gasteiger partial charge in [-0.2, -0.15) is 0 Å². The highest BCUT2D eigenvalue weighted by molar-refractivity contribution is 5.21. The second kappa shape index (κ2) is 3.38. The highest BCUT2D eigenvalue weighted by Gasteiger charge is 2.33. The average Bonchev–Trinajstić information content (AvgIpc) is 2.13. The van der Waals surface area contributed by atoms with Crippen LogP contribution in [0.2, 0.25) is 0 Å². The Bertz CT molecular complexity index is 267. The fraction of sp³-hybridized carbons (Fsp3) is 0.455. The minimum Gasteiger partial charge on any atom is -0.493 e. The van der Waals surface area contributed by atoms with Crippen molar-refractivity contribution in [3.63, 3.8) is 0 Å². The number of hydrogen-bond donors (Lipinski definition) is 0. The molecule has 1 heterocycles. The summed E-state index contributed by atoms with van der Waals surface area (Å²) in [5.74, 6) is 0.954. The maximum Gasteiger partial charge on any atom is 0.119 e. The van der Waals surface area contributed by atoms with Crippen LogP contribution in [0.1, 0.15) is 6.92 Å². The van der Waals surface area contributed by atoms with E-state index < -0.39 is 0 Å². The highest BCUT2D eigenvalue weighted by Crippen LogP contribution is 2.24. The summed E-state index contributed by atoms with van der Waals surface area (Å²) in [6.07, 6.45) is 0. The van der Waals surface area contributed by atoms with Gasteiger partial charge in [0.15, 0.2) is 0 Å². The lowest BCUT2D eigenvalue weighted by Crippen LogP contribution is -2.50. The molecule has 0 spiro atoms. The Balaban J connectivity index is 1.86. The van der Waals surface area contributed by atoms with Crippen LogP contribution >= 0.6 is 0 Å². The van der Waals surface area contributed by atoms with Gasteiger partial charge in [0.1, 0.15) is 5.75 Å². The molecule has 1 radical (unpaired) electrons. The summed E-state index contributed by atoms with van der Waals surface area (Å²) in [6.45, 7) is 4.88. The van der Waals surface area contributed by atoms with E-state index in [2.05, 4.69) is 12.2 Å². The second-order valence-electron chi connectivity index (χ2n) is 3.95. The lowest BCUT2D eigenvalue weighted by molar-refractivity contribution is 0.0984. The Hall–Kier alpha value is -1.02. The quantitative estimate of drug-likeness (QED) is 0.687. The van der Waals surface area contributed by atoms with E-state index in [4.69, 9.17) is 4.74 Å². The first kappa shape index (κ1) is 8.57. The molecule has 2 rings (SSSR count). The summed E-state index contributed by atoms with van der Waals surface area (Å²) in [7, 11) is 0. The third-order valence-electron chi connectivity index (χ3n) is 2.32. The van der Waals surface area contributed by atoms with Crippen LogP contribution in [-0.2, 0) is 0 Å². The number of nitrogens with zero attached hydrogens (tertiary/aromatic N) is 1. The first-order valence-corrected chi connectivity index (χ1v) is 4.60. The normalized spacial score (nSPS) is 19.2. The predicted molar refractivity (Wildman–Crippen MR) is 51.9 cm³/mol. The predicted octanol–water partition coefficient (Wildman–Crippen LogP) is 1.69. The molecule has 0 N–H and O–H groups in total. The molecule has 0 aliphatic carbocycles. The van der Waals surface area contributed by atoms with Gasteiger partial charge in [-0.1, -0.05) is 25.1 Å². The molecule has 2 nitrogen and oxygen atoms in total. The minimum absolute atomic E-state index is 0.288. The summed E-state index contributed by atoms with van der Waals surface area (Å²) in [4.78, 5) is 0. The van der Waals surface area contributed by atoms with Gasteiger partial charge in [0.2, 0.25) is 0 Å². The number of rotatable bonds is 3. The van der Waals surface area contributed by atoms with Crippen molar-refractivity contribution in [2.24, 2.45) is 5.41 Å². The lowest BCUT2D eigenvalue weighted by Gasteiger charge is -2.37. The Labute approximate surface area is 78.9 Å². The fourth-order valence-electron chi connectivity index (χ4n) is 1.36. The molecule has 0 saturated carbocycles. The van der Waals surface area contributed by atoms with Gasteiger partial charge in [0.05, 0.1) is 6.61 Å². The molecule has 1 aromatic rings. The molecular formula is C11H14NO. The van der Waals surface area contributed by atoms with E-state index in [1.54, 1.807) is 0 Å². The number of benzene rings is 1. The van der Waals surface area contributed by atoms with E-state index in [-0.39, 0.29) is 5.41 Å².